The van der Waals surface area contributed by atoms with Crippen molar-refractivity contribution in [3.05, 3.63) is 58.9 Å². The monoisotopic (exact) mass is 529 g/mol. The Kier molecular flexibility index (Phi) is 8.86. The van der Waals surface area contributed by atoms with Crippen LogP contribution in [0.15, 0.2) is 36.4 Å². The van der Waals surface area contributed by atoms with Crippen molar-refractivity contribution in [1.82, 2.24) is 0 Å². The first kappa shape index (κ1) is 27.8. The second-order valence-corrected chi connectivity index (χ2v) is 10.2. The number of thiol groups is 1. The van der Waals surface area contributed by atoms with Crippen molar-refractivity contribution in [2.24, 2.45) is 11.7 Å². The number of hydrogen-bond acceptors (Lipinski definition) is 4. The molecule has 0 aromatic heterocycles. The summed E-state index contributed by atoms with van der Waals surface area (Å²) >= 11 is 0. The molecule has 0 aliphatic carbocycles. The Morgan fingerprint density at radius 1 is 1.17 bits per heavy atom. The predicted molar refractivity (Wildman–Crippen MR) is 132 cm³/mol. The number of carbonyl (C=O) groups excluding carboxylic acids is 1. The lowest BCUT2D eigenvalue weighted by Crippen LogP contribution is -2.34. The maximum Gasteiger partial charge on any atom is 0.416 e. The van der Waals surface area contributed by atoms with Gasteiger partial charge < -0.3 is 10.6 Å². The van der Waals surface area contributed by atoms with Gasteiger partial charge in [-0.15, -0.1) is 0 Å². The minimum Gasteiger partial charge on any atom is -0.371 e. The Hall–Kier alpha value is -2.82. The lowest BCUT2D eigenvalue weighted by atomic mass is 9.89. The normalized spacial score (nSPS) is 15.8. The van der Waals surface area contributed by atoms with E-state index < -0.39 is 40.3 Å². The van der Waals surface area contributed by atoms with Crippen LogP contribution in [0.3, 0.4) is 0 Å². The van der Waals surface area contributed by atoms with Gasteiger partial charge in [0.2, 0.25) is 16.8 Å². The fourth-order valence-corrected chi connectivity index (χ4v) is 5.03. The van der Waals surface area contributed by atoms with E-state index in [4.69, 9.17) is 5.73 Å². The van der Waals surface area contributed by atoms with E-state index in [0.29, 0.717) is 30.3 Å². The summed E-state index contributed by atoms with van der Waals surface area (Å²) in [6, 6.07) is 7.40. The van der Waals surface area contributed by atoms with Crippen LogP contribution in [0.5, 0.6) is 0 Å². The third kappa shape index (κ3) is 6.48. The minimum absolute atomic E-state index is 0.156. The molecule has 0 saturated carbocycles. The molecule has 2 aromatic rings. The van der Waals surface area contributed by atoms with E-state index in [9.17, 15) is 30.8 Å². The molecule has 0 bridgehead atoms. The molecule has 1 saturated heterocycles. The first-order valence-electron chi connectivity index (χ1n) is 11.8. The van der Waals surface area contributed by atoms with Crippen LogP contribution in [0.1, 0.15) is 55.2 Å². The molecule has 6 nitrogen and oxygen atoms in total. The molecule has 1 aliphatic heterocycles. The Balaban J connectivity index is 1.87. The second-order valence-electron chi connectivity index (χ2n) is 9.15. The van der Waals surface area contributed by atoms with Crippen molar-refractivity contribution in [1.29, 1.82) is 0 Å². The SMILES string of the molecule is CCC1CCN(c2cc(C(F)(F)F)ccc2CCC(C(N)=O)c2ccc(N(C)[SH](=O)=O)c(F)c2)CC1. The fraction of sp³-hybridized carbons (Fsp3) is 0.480. The van der Waals surface area contributed by atoms with Crippen molar-refractivity contribution < 1.29 is 30.8 Å². The standard InChI is InChI=1S/C25H31F4N3O3S/c1-3-16-10-12-32(13-11-16)23-15-19(25(27,28)29)7-4-17(23)5-8-20(24(30)33)18-6-9-22(21(26)14-18)31(2)36(34)35/h4,6-7,9,14-16,20,36H,3,5,8,10-13H2,1-2H3,(H2,30,33). The molecule has 1 atom stereocenters. The van der Waals surface area contributed by atoms with Gasteiger partial charge in [0.05, 0.1) is 17.2 Å². The van der Waals surface area contributed by atoms with Gasteiger partial charge in [-0.2, -0.15) is 13.2 Å². The number of hydrogen-bond donors (Lipinski definition) is 2. The third-order valence-corrected chi connectivity index (χ3v) is 7.66. The van der Waals surface area contributed by atoms with Gasteiger partial charge in [0.25, 0.3) is 0 Å². The molecular formula is C25H31F4N3O3S. The second kappa shape index (κ2) is 11.5. The van der Waals surface area contributed by atoms with Crippen molar-refractivity contribution in [3.8, 4) is 0 Å². The zero-order valence-corrected chi connectivity index (χ0v) is 21.1. The number of amides is 1. The van der Waals surface area contributed by atoms with Crippen LogP contribution in [0, 0.1) is 11.7 Å². The quantitative estimate of drug-likeness (QED) is 0.366. The van der Waals surface area contributed by atoms with E-state index in [2.05, 4.69) is 6.92 Å². The van der Waals surface area contributed by atoms with Gasteiger partial charge in [-0.25, -0.2) is 12.8 Å². The van der Waals surface area contributed by atoms with Gasteiger partial charge >= 0.3 is 6.18 Å². The summed E-state index contributed by atoms with van der Waals surface area (Å²) in [5.41, 5.74) is 6.11. The van der Waals surface area contributed by atoms with Crippen molar-refractivity contribution in [2.75, 3.05) is 29.3 Å². The van der Waals surface area contributed by atoms with Crippen molar-refractivity contribution >= 4 is 28.2 Å². The third-order valence-electron chi connectivity index (χ3n) is 6.96. The fourth-order valence-electron chi connectivity index (χ4n) is 4.69. The number of primary amides is 1. The van der Waals surface area contributed by atoms with Gasteiger partial charge in [-0.1, -0.05) is 25.5 Å². The zero-order valence-electron chi connectivity index (χ0n) is 20.2. The molecule has 36 heavy (non-hydrogen) atoms. The van der Waals surface area contributed by atoms with Crippen LogP contribution in [0.2, 0.25) is 0 Å². The Morgan fingerprint density at radius 2 is 1.83 bits per heavy atom. The topological polar surface area (TPSA) is 83.7 Å². The van der Waals surface area contributed by atoms with Crippen LogP contribution >= 0.6 is 0 Å². The summed E-state index contributed by atoms with van der Waals surface area (Å²) < 4.78 is 78.0. The zero-order chi connectivity index (χ0) is 26.6. The Labute approximate surface area is 210 Å². The van der Waals surface area contributed by atoms with Gasteiger partial charge in [0.15, 0.2) is 0 Å². The molecule has 11 heteroatoms. The first-order valence-corrected chi connectivity index (χ1v) is 13.0. The number of nitrogens with zero attached hydrogens (tertiary/aromatic N) is 2. The van der Waals surface area contributed by atoms with Gasteiger partial charge in [-0.3, -0.25) is 9.10 Å². The number of alkyl halides is 3. The van der Waals surface area contributed by atoms with E-state index in [1.807, 2.05) is 4.90 Å². The van der Waals surface area contributed by atoms with Gasteiger partial charge in [-0.05, 0) is 67.0 Å². The van der Waals surface area contributed by atoms with Crippen LogP contribution in [0.4, 0.5) is 28.9 Å². The molecule has 1 fully saturated rings. The summed E-state index contributed by atoms with van der Waals surface area (Å²) in [4.78, 5) is 14.2. The minimum atomic E-state index is -4.48. The summed E-state index contributed by atoms with van der Waals surface area (Å²) in [7, 11) is -1.84. The number of nitrogens with two attached hydrogens (primary N) is 1. The summed E-state index contributed by atoms with van der Waals surface area (Å²) in [6.45, 7) is 3.40. The molecule has 1 amide bonds. The molecule has 198 valence electrons. The molecule has 1 unspecified atom stereocenters. The summed E-state index contributed by atoms with van der Waals surface area (Å²) in [5.74, 6) is -1.88. The highest BCUT2D eigenvalue weighted by Crippen LogP contribution is 2.36. The smallest absolute Gasteiger partial charge is 0.371 e. The maximum absolute atomic E-state index is 14.6. The number of aryl methyl sites for hydroxylation is 1. The highest BCUT2D eigenvalue weighted by molar-refractivity contribution is 7.74. The maximum atomic E-state index is 14.6. The molecule has 2 aromatic carbocycles. The van der Waals surface area contributed by atoms with Crippen molar-refractivity contribution in [2.45, 2.75) is 51.1 Å². The first-order chi connectivity index (χ1) is 16.9. The van der Waals surface area contributed by atoms with E-state index in [0.717, 1.165) is 41.8 Å². The van der Waals surface area contributed by atoms with E-state index in [1.54, 1.807) is 0 Å². The molecular weight excluding hydrogens is 498 g/mol. The number of rotatable bonds is 9. The number of anilines is 2. The average molecular weight is 530 g/mol. The van der Waals surface area contributed by atoms with E-state index in [-0.39, 0.29) is 24.1 Å². The van der Waals surface area contributed by atoms with Crippen LogP contribution in [-0.2, 0) is 28.3 Å². The van der Waals surface area contributed by atoms with E-state index >= 15 is 0 Å². The van der Waals surface area contributed by atoms with Crippen LogP contribution in [0.25, 0.3) is 0 Å². The highest BCUT2D eigenvalue weighted by Gasteiger charge is 2.32. The Bertz CT molecular complexity index is 1150. The molecule has 3 rings (SSSR count). The lowest BCUT2D eigenvalue weighted by molar-refractivity contribution is -0.137. The van der Waals surface area contributed by atoms with Crippen LogP contribution in [-0.4, -0.2) is 34.5 Å². The average Bonchev–Trinajstić information content (AvgIpc) is 2.83. The number of piperidine rings is 1. The van der Waals surface area contributed by atoms with Crippen molar-refractivity contribution in [3.63, 3.8) is 0 Å². The summed E-state index contributed by atoms with van der Waals surface area (Å²) in [5, 5.41) is 0. The summed E-state index contributed by atoms with van der Waals surface area (Å²) in [6.07, 6.45) is -1.25. The Morgan fingerprint density at radius 3 is 2.36 bits per heavy atom. The number of halogens is 4. The predicted octanol–water partition coefficient (Wildman–Crippen LogP) is 4.64. The van der Waals surface area contributed by atoms with Gasteiger partial charge in [0.1, 0.15) is 5.82 Å². The lowest BCUT2D eigenvalue weighted by Gasteiger charge is -2.35. The number of benzene rings is 2. The molecule has 1 aliphatic rings. The highest BCUT2D eigenvalue weighted by atomic mass is 32.2. The molecule has 0 spiro atoms. The largest absolute Gasteiger partial charge is 0.416 e. The molecule has 2 N–H and O–H groups in total. The number of carbonyl (C=O) groups is 1. The molecule has 0 radical (unpaired) electrons. The van der Waals surface area contributed by atoms with E-state index in [1.165, 1.54) is 25.2 Å². The molecule has 1 heterocycles. The van der Waals surface area contributed by atoms with Gasteiger partial charge in [0, 0.05) is 25.8 Å². The van der Waals surface area contributed by atoms with Crippen LogP contribution < -0.4 is 14.9 Å².